The maximum Gasteiger partial charge on any atom is 0.416 e. The SMILES string of the molecule is CC(Oc1cc(-c2ccc(C(=O)N3CCC(N4CCCC4)CC3)cc2)cnc1N)c1c(F)cccc1C(F)(F)F.CNC(=N)c1cnc(N)c(OC(C)c2c(Cl)ccc(F)c2Cl)c1. The third-order valence-electron chi connectivity index (χ3n) is 11.0. The number of benzene rings is 3. The molecule has 3 aromatic carbocycles. The Morgan fingerprint density at radius 1 is 0.810 bits per heavy atom. The first kappa shape index (κ1) is 46.8. The molecule has 63 heavy (non-hydrogen) atoms. The number of nitrogens with two attached hydrogens (primary N) is 2. The summed E-state index contributed by atoms with van der Waals surface area (Å²) in [6.45, 7) is 6.78. The summed E-state index contributed by atoms with van der Waals surface area (Å²) in [6, 6.07) is 16.1. The molecule has 2 saturated heterocycles. The number of amidine groups is 1. The van der Waals surface area contributed by atoms with Gasteiger partial charge in [-0.25, -0.2) is 18.7 Å². The third-order valence-corrected chi connectivity index (χ3v) is 11.7. The number of nitrogens with one attached hydrogen (secondary N) is 2. The fourth-order valence-corrected chi connectivity index (χ4v) is 8.36. The van der Waals surface area contributed by atoms with Crippen LogP contribution >= 0.6 is 23.2 Å². The highest BCUT2D eigenvalue weighted by molar-refractivity contribution is 6.36. The average molecular weight is 914 g/mol. The molecule has 6 N–H and O–H groups in total. The molecule has 0 spiro atoms. The van der Waals surface area contributed by atoms with Crippen molar-refractivity contribution >= 4 is 46.6 Å². The average Bonchev–Trinajstić information content (AvgIpc) is 3.81. The minimum Gasteiger partial charge on any atom is -0.482 e. The van der Waals surface area contributed by atoms with Crippen molar-refractivity contribution in [2.24, 2.45) is 0 Å². The lowest BCUT2D eigenvalue weighted by atomic mass is 10.0. The third kappa shape index (κ3) is 11.1. The predicted octanol–water partition coefficient (Wildman–Crippen LogP) is 10.1. The van der Waals surface area contributed by atoms with E-state index in [0.717, 1.165) is 62.8 Å². The molecule has 0 saturated carbocycles. The summed E-state index contributed by atoms with van der Waals surface area (Å²) >= 11 is 12.1. The molecule has 1 amide bonds. The smallest absolute Gasteiger partial charge is 0.416 e. The van der Waals surface area contributed by atoms with E-state index in [2.05, 4.69) is 20.2 Å². The fraction of sp³-hybridized carbons (Fsp3) is 0.333. The molecular formula is C45H47Cl2F5N8O3. The predicted molar refractivity (Wildman–Crippen MR) is 234 cm³/mol. The van der Waals surface area contributed by atoms with E-state index in [0.29, 0.717) is 28.3 Å². The van der Waals surface area contributed by atoms with Crippen LogP contribution in [0.5, 0.6) is 11.5 Å². The summed E-state index contributed by atoms with van der Waals surface area (Å²) in [5.74, 6) is -1.06. The van der Waals surface area contributed by atoms with Gasteiger partial charge in [-0.15, -0.1) is 0 Å². The van der Waals surface area contributed by atoms with Gasteiger partial charge >= 0.3 is 6.18 Å². The maximum atomic E-state index is 14.4. The van der Waals surface area contributed by atoms with Crippen LogP contribution in [0.15, 0.2) is 79.1 Å². The zero-order valence-corrected chi connectivity index (χ0v) is 36.2. The highest BCUT2D eigenvalue weighted by Crippen LogP contribution is 2.39. The van der Waals surface area contributed by atoms with Gasteiger partial charge in [0.15, 0.2) is 23.1 Å². The Morgan fingerprint density at radius 3 is 2.03 bits per heavy atom. The maximum absolute atomic E-state index is 14.4. The Bertz CT molecular complexity index is 2430. The van der Waals surface area contributed by atoms with Gasteiger partial charge in [0.1, 0.15) is 29.7 Å². The number of piperidine rings is 1. The minimum absolute atomic E-state index is 0.00921. The largest absolute Gasteiger partial charge is 0.482 e. The van der Waals surface area contributed by atoms with Crippen LogP contribution in [0.2, 0.25) is 10.0 Å². The van der Waals surface area contributed by atoms with Crippen LogP contribution in [-0.2, 0) is 6.18 Å². The first-order valence-corrected chi connectivity index (χ1v) is 21.0. The van der Waals surface area contributed by atoms with Gasteiger partial charge in [0.25, 0.3) is 5.91 Å². The van der Waals surface area contributed by atoms with Crippen molar-refractivity contribution < 1.29 is 36.2 Å². The van der Waals surface area contributed by atoms with E-state index in [1.807, 2.05) is 4.90 Å². The zero-order chi connectivity index (χ0) is 45.6. The number of anilines is 2. The summed E-state index contributed by atoms with van der Waals surface area (Å²) in [5.41, 5.74) is 12.7. The van der Waals surface area contributed by atoms with Gasteiger partial charge in [0.2, 0.25) is 0 Å². The lowest BCUT2D eigenvalue weighted by molar-refractivity contribution is -0.139. The highest BCUT2D eigenvalue weighted by Gasteiger charge is 2.37. The zero-order valence-electron chi connectivity index (χ0n) is 34.7. The van der Waals surface area contributed by atoms with E-state index in [9.17, 15) is 26.7 Å². The monoisotopic (exact) mass is 912 g/mol. The Hall–Kier alpha value is -5.71. The first-order valence-electron chi connectivity index (χ1n) is 20.2. The molecule has 0 bridgehead atoms. The van der Waals surface area contributed by atoms with Crippen LogP contribution in [0.1, 0.15) is 84.4 Å². The van der Waals surface area contributed by atoms with Gasteiger partial charge < -0.3 is 36.1 Å². The number of halogens is 7. The second-order valence-corrected chi connectivity index (χ2v) is 15.9. The fourth-order valence-electron chi connectivity index (χ4n) is 7.68. The Morgan fingerprint density at radius 2 is 1.41 bits per heavy atom. The molecule has 2 unspecified atom stereocenters. The van der Waals surface area contributed by atoms with Crippen molar-refractivity contribution in [1.29, 1.82) is 5.41 Å². The number of alkyl halides is 3. The molecule has 5 aromatic rings. The van der Waals surface area contributed by atoms with Crippen LogP contribution in [-0.4, -0.2) is 70.8 Å². The molecule has 0 aliphatic carbocycles. The number of hydrogen-bond acceptors (Lipinski definition) is 9. The van der Waals surface area contributed by atoms with Crippen molar-refractivity contribution in [3.63, 3.8) is 0 Å². The molecular weight excluding hydrogens is 866 g/mol. The number of carbonyl (C=O) groups excluding carboxylic acids is 1. The summed E-state index contributed by atoms with van der Waals surface area (Å²) < 4.78 is 80.0. The van der Waals surface area contributed by atoms with Gasteiger partial charge in [-0.05, 0) is 107 Å². The number of amides is 1. The standard InChI is InChI=1S/C30H32F4N4O2.C15H15Cl2FN4O/c1-19(27-24(30(32,33)34)5-4-6-25(27)31)40-26-17-22(18-36-28(26)35)20-7-9-21(10-8-20)29(39)38-15-11-23(12-16-38)37-13-2-3-14-37;1-7(12-9(16)3-4-10(18)13(12)17)23-11-5-8(14(19)21-2)6-22-15(11)20/h4-10,17-19,23H,2-3,11-16H2,1H3,(H2,35,36);3-7H,1-2H3,(H2,19,21)(H2,20,22). The van der Waals surface area contributed by atoms with Crippen LogP contribution in [0.3, 0.4) is 0 Å². The van der Waals surface area contributed by atoms with E-state index in [4.69, 9.17) is 49.6 Å². The lowest BCUT2D eigenvalue weighted by Crippen LogP contribution is -2.45. The van der Waals surface area contributed by atoms with Gasteiger partial charge in [0, 0.05) is 71.4 Å². The number of ether oxygens (including phenoxy) is 2. The second kappa shape index (κ2) is 20.2. The van der Waals surface area contributed by atoms with Crippen molar-refractivity contribution in [3.05, 3.63) is 129 Å². The van der Waals surface area contributed by atoms with Crippen LogP contribution in [0.4, 0.5) is 33.6 Å². The van der Waals surface area contributed by atoms with E-state index in [1.165, 1.54) is 44.3 Å². The number of aromatic nitrogens is 2. The van der Waals surface area contributed by atoms with E-state index < -0.39 is 41.1 Å². The minimum atomic E-state index is -4.75. The summed E-state index contributed by atoms with van der Waals surface area (Å²) in [4.78, 5) is 25.7. The van der Waals surface area contributed by atoms with E-state index in [-0.39, 0.29) is 44.9 Å². The molecule has 2 atom stereocenters. The quantitative estimate of drug-likeness (QED) is 0.0464. The van der Waals surface area contributed by atoms with Crippen LogP contribution in [0, 0.1) is 17.0 Å². The summed E-state index contributed by atoms with van der Waals surface area (Å²) in [6.07, 6.45) is 0.756. The Balaban J connectivity index is 0.000000244. The van der Waals surface area contributed by atoms with Crippen molar-refractivity contribution in [3.8, 4) is 22.6 Å². The molecule has 0 radical (unpaired) electrons. The second-order valence-electron chi connectivity index (χ2n) is 15.2. The number of rotatable bonds is 10. The normalized spacial score (nSPS) is 15.6. The first-order chi connectivity index (χ1) is 30.0. The van der Waals surface area contributed by atoms with E-state index >= 15 is 0 Å². The van der Waals surface area contributed by atoms with Crippen LogP contribution in [0.25, 0.3) is 11.1 Å². The van der Waals surface area contributed by atoms with Crippen molar-refractivity contribution in [2.75, 3.05) is 44.7 Å². The van der Waals surface area contributed by atoms with E-state index in [1.54, 1.807) is 50.4 Å². The number of likely N-dealkylation sites (tertiary alicyclic amines) is 2. The number of carbonyl (C=O) groups is 1. The number of nitrogens with zero attached hydrogens (tertiary/aromatic N) is 4. The van der Waals surface area contributed by atoms with Gasteiger partial charge in [-0.2, -0.15) is 13.2 Å². The molecule has 11 nitrogen and oxygen atoms in total. The summed E-state index contributed by atoms with van der Waals surface area (Å²) in [5, 5.41) is 10.6. The van der Waals surface area contributed by atoms with Gasteiger partial charge in [0.05, 0.1) is 10.6 Å². The highest BCUT2D eigenvalue weighted by atomic mass is 35.5. The molecule has 18 heteroatoms. The lowest BCUT2D eigenvalue weighted by Gasteiger charge is -2.36. The van der Waals surface area contributed by atoms with Gasteiger partial charge in [-0.1, -0.05) is 41.4 Å². The number of nitrogen functional groups attached to an aromatic ring is 2. The summed E-state index contributed by atoms with van der Waals surface area (Å²) in [7, 11) is 1.62. The topological polar surface area (TPSA) is 156 Å². The molecule has 2 aliphatic heterocycles. The van der Waals surface area contributed by atoms with Crippen molar-refractivity contribution in [2.45, 2.75) is 64.0 Å². The molecule has 2 aliphatic rings. The molecule has 334 valence electrons. The molecule has 4 heterocycles. The number of hydrogen-bond donors (Lipinski definition) is 4. The Labute approximate surface area is 372 Å². The molecule has 2 aromatic heterocycles. The van der Waals surface area contributed by atoms with Crippen molar-refractivity contribution in [1.82, 2.24) is 25.1 Å². The Kier molecular flexibility index (Phi) is 15.0. The number of pyridine rings is 2. The van der Waals surface area contributed by atoms with Crippen LogP contribution < -0.4 is 26.3 Å². The molecule has 7 rings (SSSR count). The van der Waals surface area contributed by atoms with Gasteiger partial charge in [-0.3, -0.25) is 10.2 Å². The molecule has 2 fully saturated rings.